The van der Waals surface area contributed by atoms with E-state index in [2.05, 4.69) is 5.32 Å². The van der Waals surface area contributed by atoms with Gasteiger partial charge in [-0.15, -0.1) is 0 Å². The molecule has 0 radical (unpaired) electrons. The number of hydrogen-bond donors (Lipinski definition) is 3. The summed E-state index contributed by atoms with van der Waals surface area (Å²) >= 11 is 0. The minimum atomic E-state index is -0.415. The molecule has 0 spiro atoms. The minimum Gasteiger partial charge on any atom is -0.395 e. The third-order valence-electron chi connectivity index (χ3n) is 2.55. The van der Waals surface area contributed by atoms with Gasteiger partial charge in [0, 0.05) is 18.2 Å². The topological polar surface area (TPSA) is 75.3 Å². The van der Waals surface area contributed by atoms with Gasteiger partial charge >= 0.3 is 0 Å². The SMILES string of the molecule is CCC(CO)NCc1ccc(C(N)=O)cc1. The Morgan fingerprint density at radius 1 is 1.44 bits per heavy atom. The van der Waals surface area contributed by atoms with Gasteiger partial charge in [0.15, 0.2) is 0 Å². The van der Waals surface area contributed by atoms with Crippen LogP contribution in [0.25, 0.3) is 0 Å². The molecule has 4 nitrogen and oxygen atoms in total. The number of aliphatic hydroxyl groups is 1. The van der Waals surface area contributed by atoms with Crippen LogP contribution in [-0.2, 0) is 6.54 Å². The van der Waals surface area contributed by atoms with Gasteiger partial charge in [-0.1, -0.05) is 19.1 Å². The zero-order valence-electron chi connectivity index (χ0n) is 9.44. The highest BCUT2D eigenvalue weighted by atomic mass is 16.3. The molecule has 0 fully saturated rings. The number of amides is 1. The lowest BCUT2D eigenvalue weighted by Gasteiger charge is -2.13. The number of carbonyl (C=O) groups excluding carboxylic acids is 1. The first-order valence-corrected chi connectivity index (χ1v) is 5.40. The Hall–Kier alpha value is -1.39. The first kappa shape index (κ1) is 12.7. The highest BCUT2D eigenvalue weighted by Gasteiger charge is 2.04. The molecule has 1 aromatic rings. The van der Waals surface area contributed by atoms with Gasteiger partial charge in [0.25, 0.3) is 0 Å². The first-order chi connectivity index (χ1) is 7.67. The first-order valence-electron chi connectivity index (χ1n) is 5.40. The largest absolute Gasteiger partial charge is 0.395 e. The molecule has 1 atom stereocenters. The summed E-state index contributed by atoms with van der Waals surface area (Å²) in [6.07, 6.45) is 0.885. The third-order valence-corrected chi connectivity index (χ3v) is 2.55. The van der Waals surface area contributed by atoms with Crippen molar-refractivity contribution in [2.75, 3.05) is 6.61 Å². The highest BCUT2D eigenvalue weighted by molar-refractivity contribution is 5.92. The van der Waals surface area contributed by atoms with E-state index in [-0.39, 0.29) is 12.6 Å². The van der Waals surface area contributed by atoms with E-state index in [0.717, 1.165) is 12.0 Å². The second-order valence-electron chi connectivity index (χ2n) is 3.73. The average molecular weight is 222 g/mol. The summed E-state index contributed by atoms with van der Waals surface area (Å²) in [5.74, 6) is -0.415. The Bertz CT molecular complexity index is 331. The van der Waals surface area contributed by atoms with Crippen molar-refractivity contribution in [2.24, 2.45) is 5.73 Å². The van der Waals surface area contributed by atoms with Crippen LogP contribution in [0.4, 0.5) is 0 Å². The number of benzene rings is 1. The van der Waals surface area contributed by atoms with Crippen LogP contribution in [0.15, 0.2) is 24.3 Å². The maximum atomic E-state index is 10.8. The fraction of sp³-hybridized carbons (Fsp3) is 0.417. The van der Waals surface area contributed by atoms with Crippen molar-refractivity contribution in [3.63, 3.8) is 0 Å². The molecule has 1 aromatic carbocycles. The number of carbonyl (C=O) groups is 1. The van der Waals surface area contributed by atoms with Gasteiger partial charge in [0.1, 0.15) is 0 Å². The van der Waals surface area contributed by atoms with Crippen LogP contribution in [0.3, 0.4) is 0 Å². The summed E-state index contributed by atoms with van der Waals surface area (Å²) in [6.45, 7) is 2.83. The van der Waals surface area contributed by atoms with Crippen molar-refractivity contribution in [1.82, 2.24) is 5.32 Å². The summed E-state index contributed by atoms with van der Waals surface area (Å²) < 4.78 is 0. The van der Waals surface area contributed by atoms with Gasteiger partial charge in [-0.25, -0.2) is 0 Å². The standard InChI is InChI=1S/C12H18N2O2/c1-2-11(8-15)14-7-9-3-5-10(6-4-9)12(13)16/h3-6,11,14-15H,2,7-8H2,1H3,(H2,13,16). The van der Waals surface area contributed by atoms with Crippen molar-refractivity contribution in [3.05, 3.63) is 35.4 Å². The van der Waals surface area contributed by atoms with Crippen molar-refractivity contribution in [2.45, 2.75) is 25.9 Å². The lowest BCUT2D eigenvalue weighted by atomic mass is 10.1. The van der Waals surface area contributed by atoms with Crippen LogP contribution in [0.2, 0.25) is 0 Å². The number of hydrogen-bond acceptors (Lipinski definition) is 3. The van der Waals surface area contributed by atoms with E-state index in [0.29, 0.717) is 12.1 Å². The second-order valence-corrected chi connectivity index (χ2v) is 3.73. The van der Waals surface area contributed by atoms with Crippen LogP contribution in [0.1, 0.15) is 29.3 Å². The molecule has 1 amide bonds. The fourth-order valence-corrected chi connectivity index (χ4v) is 1.39. The van der Waals surface area contributed by atoms with E-state index in [1.54, 1.807) is 12.1 Å². The molecule has 0 aliphatic rings. The molecular weight excluding hydrogens is 204 g/mol. The monoisotopic (exact) mass is 222 g/mol. The number of primary amides is 1. The summed E-state index contributed by atoms with van der Waals surface area (Å²) in [6, 6.07) is 7.25. The van der Waals surface area contributed by atoms with Gasteiger partial charge in [-0.2, -0.15) is 0 Å². The molecule has 0 bridgehead atoms. The van der Waals surface area contributed by atoms with Crippen molar-refractivity contribution >= 4 is 5.91 Å². The molecule has 0 aliphatic carbocycles. The Morgan fingerprint density at radius 3 is 2.50 bits per heavy atom. The Kier molecular flexibility index (Phi) is 4.95. The number of aliphatic hydroxyl groups excluding tert-OH is 1. The average Bonchev–Trinajstić information content (AvgIpc) is 2.31. The van der Waals surface area contributed by atoms with Gasteiger partial charge in [0.05, 0.1) is 6.61 Å². The highest BCUT2D eigenvalue weighted by Crippen LogP contribution is 2.04. The van der Waals surface area contributed by atoms with Crippen LogP contribution in [-0.4, -0.2) is 23.7 Å². The Morgan fingerprint density at radius 2 is 2.06 bits per heavy atom. The van der Waals surface area contributed by atoms with Crippen LogP contribution >= 0.6 is 0 Å². The molecule has 4 N–H and O–H groups in total. The van der Waals surface area contributed by atoms with Crippen molar-refractivity contribution in [3.8, 4) is 0 Å². The number of rotatable bonds is 6. The van der Waals surface area contributed by atoms with E-state index in [4.69, 9.17) is 10.8 Å². The molecule has 0 saturated carbocycles. The van der Waals surface area contributed by atoms with Crippen LogP contribution in [0, 0.1) is 0 Å². The lowest BCUT2D eigenvalue weighted by Crippen LogP contribution is -2.31. The van der Waals surface area contributed by atoms with Gasteiger partial charge in [-0.3, -0.25) is 4.79 Å². The van der Waals surface area contributed by atoms with Crippen LogP contribution in [0.5, 0.6) is 0 Å². The molecule has 0 heterocycles. The molecule has 88 valence electrons. The number of nitrogens with two attached hydrogens (primary N) is 1. The molecule has 1 unspecified atom stereocenters. The van der Waals surface area contributed by atoms with Gasteiger partial charge in [-0.05, 0) is 24.1 Å². The van der Waals surface area contributed by atoms with E-state index < -0.39 is 5.91 Å². The molecular formula is C12H18N2O2. The zero-order chi connectivity index (χ0) is 12.0. The minimum absolute atomic E-state index is 0.121. The van der Waals surface area contributed by atoms with Gasteiger partial charge in [0.2, 0.25) is 5.91 Å². The predicted molar refractivity (Wildman–Crippen MR) is 63.0 cm³/mol. The summed E-state index contributed by atoms with van der Waals surface area (Å²) in [5, 5.41) is 12.2. The molecule has 0 aliphatic heterocycles. The van der Waals surface area contributed by atoms with E-state index >= 15 is 0 Å². The van der Waals surface area contributed by atoms with E-state index in [1.165, 1.54) is 0 Å². The normalized spacial score (nSPS) is 12.4. The molecule has 16 heavy (non-hydrogen) atoms. The van der Waals surface area contributed by atoms with Crippen LogP contribution < -0.4 is 11.1 Å². The molecule has 1 rings (SSSR count). The predicted octanol–water partition coefficient (Wildman–Crippen LogP) is 0.646. The Labute approximate surface area is 95.5 Å². The van der Waals surface area contributed by atoms with E-state index in [9.17, 15) is 4.79 Å². The van der Waals surface area contributed by atoms with Crippen molar-refractivity contribution < 1.29 is 9.90 Å². The lowest BCUT2D eigenvalue weighted by molar-refractivity contribution is 0.100. The summed E-state index contributed by atoms with van der Waals surface area (Å²) in [7, 11) is 0. The summed E-state index contributed by atoms with van der Waals surface area (Å²) in [4.78, 5) is 10.8. The fourth-order valence-electron chi connectivity index (χ4n) is 1.39. The molecule has 4 heteroatoms. The van der Waals surface area contributed by atoms with Gasteiger partial charge < -0.3 is 16.2 Å². The zero-order valence-corrected chi connectivity index (χ0v) is 9.44. The molecule has 0 saturated heterocycles. The second kappa shape index (κ2) is 6.25. The maximum absolute atomic E-state index is 10.8. The van der Waals surface area contributed by atoms with E-state index in [1.807, 2.05) is 19.1 Å². The smallest absolute Gasteiger partial charge is 0.248 e. The number of nitrogens with one attached hydrogen (secondary N) is 1. The summed E-state index contributed by atoms with van der Waals surface area (Å²) in [5.41, 5.74) is 6.72. The Balaban J connectivity index is 2.52. The van der Waals surface area contributed by atoms with Crippen molar-refractivity contribution in [1.29, 1.82) is 0 Å². The third kappa shape index (κ3) is 3.64. The molecule has 0 aromatic heterocycles. The maximum Gasteiger partial charge on any atom is 0.248 e. The quantitative estimate of drug-likeness (QED) is 0.661.